The van der Waals surface area contributed by atoms with Gasteiger partial charge < -0.3 is 10.2 Å². The molecule has 1 unspecified atom stereocenters. The van der Waals surface area contributed by atoms with Gasteiger partial charge in [-0.2, -0.15) is 0 Å². The molecule has 0 heterocycles. The first kappa shape index (κ1) is 13.2. The number of halogens is 1. The number of aliphatic hydroxyl groups is 1. The van der Waals surface area contributed by atoms with E-state index >= 15 is 0 Å². The van der Waals surface area contributed by atoms with Crippen molar-refractivity contribution in [2.45, 2.75) is 24.9 Å². The van der Waals surface area contributed by atoms with Crippen LogP contribution in [0.25, 0.3) is 0 Å². The van der Waals surface area contributed by atoms with Gasteiger partial charge in [-0.05, 0) is 36.1 Å². The minimum absolute atomic E-state index is 0. The zero-order chi connectivity index (χ0) is 11.1. The van der Waals surface area contributed by atoms with Crippen molar-refractivity contribution in [1.82, 2.24) is 0 Å². The number of hydrogen-bond acceptors (Lipinski definition) is 2. The second-order valence-electron chi connectivity index (χ2n) is 3.90. The first-order valence-corrected chi connectivity index (χ1v) is 4.74. The quantitative estimate of drug-likeness (QED) is 0.721. The third-order valence-electron chi connectivity index (χ3n) is 2.82. The van der Waals surface area contributed by atoms with Crippen molar-refractivity contribution in [1.29, 1.82) is 0 Å². The van der Waals surface area contributed by atoms with Gasteiger partial charge in [-0.1, -0.05) is 6.07 Å². The van der Waals surface area contributed by atoms with E-state index in [1.807, 2.05) is 0 Å². The predicted molar refractivity (Wildman–Crippen MR) is 58.0 cm³/mol. The first-order valence-electron chi connectivity index (χ1n) is 4.74. The summed E-state index contributed by atoms with van der Waals surface area (Å²) in [5.41, 5.74) is -0.145. The fourth-order valence-electron chi connectivity index (χ4n) is 2.11. The van der Waals surface area contributed by atoms with Crippen molar-refractivity contribution < 1.29 is 19.4 Å². The van der Waals surface area contributed by atoms with Crippen molar-refractivity contribution in [3.05, 3.63) is 35.1 Å². The summed E-state index contributed by atoms with van der Waals surface area (Å²) in [4.78, 5) is 10.6. The number of aliphatic carboxylic acids is 1. The summed E-state index contributed by atoms with van der Waals surface area (Å²) in [6.07, 6.45) is 0.570. The van der Waals surface area contributed by atoms with E-state index < -0.39 is 17.4 Å². The molecule has 0 aromatic heterocycles. The van der Waals surface area contributed by atoms with Crippen LogP contribution in [0.5, 0.6) is 0 Å². The number of rotatable bonds is 2. The first-order chi connectivity index (χ1) is 7.01. The third-order valence-corrected chi connectivity index (χ3v) is 2.82. The van der Waals surface area contributed by atoms with Gasteiger partial charge in [0, 0.05) is 0 Å². The second kappa shape index (κ2) is 4.58. The molecule has 2 rings (SSSR count). The Hall–Kier alpha value is -0.823. The number of aryl methyl sites for hydroxylation is 1. The van der Waals surface area contributed by atoms with E-state index in [1.165, 1.54) is 12.1 Å². The molecule has 0 saturated heterocycles. The maximum absolute atomic E-state index is 13.0. The Kier molecular flexibility index (Phi) is 3.79. The third kappa shape index (κ3) is 2.30. The van der Waals surface area contributed by atoms with Crippen LogP contribution in [0.2, 0.25) is 0 Å². The van der Waals surface area contributed by atoms with Crippen LogP contribution in [0.15, 0.2) is 18.2 Å². The fraction of sp³-hybridized carbons (Fsp3) is 0.364. The summed E-state index contributed by atoms with van der Waals surface area (Å²) in [5, 5.41) is 18.8. The topological polar surface area (TPSA) is 57.5 Å². The molecule has 0 fully saturated rings. The van der Waals surface area contributed by atoms with Crippen LogP contribution >= 0.6 is 0 Å². The average Bonchev–Trinajstić information content (AvgIpc) is 2.43. The van der Waals surface area contributed by atoms with Gasteiger partial charge in [0.1, 0.15) is 11.4 Å². The second-order valence-corrected chi connectivity index (χ2v) is 3.90. The van der Waals surface area contributed by atoms with Crippen LogP contribution in [0, 0.1) is 5.82 Å². The molecule has 16 heavy (non-hydrogen) atoms. The number of carbonyl (C=O) groups is 1. The van der Waals surface area contributed by atoms with Gasteiger partial charge in [0.05, 0.1) is 6.42 Å². The number of carboxylic acid groups (broad SMARTS) is 1. The summed E-state index contributed by atoms with van der Waals surface area (Å²) in [6.45, 7) is 0. The zero-order valence-corrected chi connectivity index (χ0v) is 8.03. The molecular formula is C11H12FLiO3. The van der Waals surface area contributed by atoms with E-state index in [0.717, 1.165) is 5.56 Å². The Labute approximate surface area is 104 Å². The molecule has 1 aliphatic rings. The molecule has 3 nitrogen and oxygen atoms in total. The monoisotopic (exact) mass is 218 g/mol. The molecule has 1 aromatic carbocycles. The van der Waals surface area contributed by atoms with Crippen molar-refractivity contribution >= 4 is 24.8 Å². The van der Waals surface area contributed by atoms with Crippen LogP contribution in [-0.2, 0) is 16.8 Å². The van der Waals surface area contributed by atoms with Crippen LogP contribution in [0.1, 0.15) is 24.0 Å². The van der Waals surface area contributed by atoms with Gasteiger partial charge in [-0.25, -0.2) is 4.39 Å². The van der Waals surface area contributed by atoms with E-state index in [9.17, 15) is 14.3 Å². The van der Waals surface area contributed by atoms with Crippen LogP contribution in [0.4, 0.5) is 4.39 Å². The molecule has 0 amide bonds. The summed E-state index contributed by atoms with van der Waals surface area (Å²) in [5.74, 6) is -1.52. The van der Waals surface area contributed by atoms with Crippen molar-refractivity contribution in [3.8, 4) is 0 Å². The molecule has 1 atom stereocenters. The van der Waals surface area contributed by atoms with E-state index in [0.29, 0.717) is 18.4 Å². The molecule has 1 aliphatic carbocycles. The van der Waals surface area contributed by atoms with Crippen molar-refractivity contribution in [2.24, 2.45) is 0 Å². The molecular weight excluding hydrogens is 206 g/mol. The van der Waals surface area contributed by atoms with Gasteiger partial charge >= 0.3 is 24.8 Å². The molecule has 0 saturated carbocycles. The molecule has 5 heteroatoms. The minimum atomic E-state index is -1.40. The molecule has 2 N–H and O–H groups in total. The Bertz CT molecular complexity index is 422. The molecule has 0 spiro atoms. The zero-order valence-electron chi connectivity index (χ0n) is 8.03. The van der Waals surface area contributed by atoms with Crippen LogP contribution in [0.3, 0.4) is 0 Å². The van der Waals surface area contributed by atoms with E-state index in [2.05, 4.69) is 0 Å². The van der Waals surface area contributed by atoms with Gasteiger partial charge in [-0.3, -0.25) is 4.79 Å². The summed E-state index contributed by atoms with van der Waals surface area (Å²) in [6, 6.07) is 4.15. The predicted octanol–water partition coefficient (Wildman–Crippen LogP) is 0.786. The molecule has 0 radical (unpaired) electrons. The number of hydrogen-bond donors (Lipinski definition) is 2. The Morgan fingerprint density at radius 3 is 2.81 bits per heavy atom. The van der Waals surface area contributed by atoms with Gasteiger partial charge in [0.15, 0.2) is 0 Å². The number of carboxylic acids is 1. The SMILES string of the molecule is O=C(O)CC1(O)CCc2ccc(F)cc21.[LiH]. The normalized spacial score (nSPS) is 22.4. The Balaban J connectivity index is 0.00000128. The van der Waals surface area contributed by atoms with E-state index in [-0.39, 0.29) is 25.3 Å². The van der Waals surface area contributed by atoms with Crippen LogP contribution in [-0.4, -0.2) is 35.0 Å². The molecule has 0 aliphatic heterocycles. The number of benzene rings is 1. The van der Waals surface area contributed by atoms with Gasteiger partial charge in [-0.15, -0.1) is 0 Å². The standard InChI is InChI=1S/C11H11FO3.Li.H/c12-8-2-1-7-3-4-11(15,6-10(13)14)9(7)5-8;;/h1-2,5,15H,3-4,6H2,(H,13,14);;. The molecule has 0 bridgehead atoms. The van der Waals surface area contributed by atoms with E-state index in [1.54, 1.807) is 6.07 Å². The fourth-order valence-corrected chi connectivity index (χ4v) is 2.11. The molecule has 1 aromatic rings. The Morgan fingerprint density at radius 1 is 1.50 bits per heavy atom. The summed E-state index contributed by atoms with van der Waals surface area (Å²) in [7, 11) is 0. The Morgan fingerprint density at radius 2 is 2.19 bits per heavy atom. The van der Waals surface area contributed by atoms with Crippen molar-refractivity contribution in [3.63, 3.8) is 0 Å². The maximum atomic E-state index is 13.0. The molecule has 82 valence electrons. The average molecular weight is 218 g/mol. The van der Waals surface area contributed by atoms with Crippen LogP contribution < -0.4 is 0 Å². The summed E-state index contributed by atoms with van der Waals surface area (Å²) >= 11 is 0. The number of fused-ring (bicyclic) bond motifs is 1. The van der Waals surface area contributed by atoms with E-state index in [4.69, 9.17) is 5.11 Å². The van der Waals surface area contributed by atoms with Gasteiger partial charge in [0.25, 0.3) is 0 Å². The van der Waals surface area contributed by atoms with Gasteiger partial charge in [0.2, 0.25) is 0 Å². The van der Waals surface area contributed by atoms with Crippen molar-refractivity contribution in [2.75, 3.05) is 0 Å². The summed E-state index contributed by atoms with van der Waals surface area (Å²) < 4.78 is 13.0.